The van der Waals surface area contributed by atoms with Crippen molar-refractivity contribution >= 4 is 5.91 Å². The summed E-state index contributed by atoms with van der Waals surface area (Å²) in [4.78, 5) is 14.5. The topological polar surface area (TPSA) is 32.3 Å². The number of hydrogen-bond donors (Lipinski definition) is 1. The number of carbonyl (C=O) groups is 1. The van der Waals surface area contributed by atoms with Crippen molar-refractivity contribution in [1.29, 1.82) is 0 Å². The van der Waals surface area contributed by atoms with Crippen LogP contribution in [0, 0.1) is 19.8 Å². The lowest BCUT2D eigenvalue weighted by Gasteiger charge is -2.34. The molecule has 2 aliphatic rings. The van der Waals surface area contributed by atoms with E-state index in [1.807, 2.05) is 0 Å². The second kappa shape index (κ2) is 6.82. The smallest absolute Gasteiger partial charge is 0.223 e. The fourth-order valence-electron chi connectivity index (χ4n) is 3.44. The molecule has 22 heavy (non-hydrogen) atoms. The quantitative estimate of drug-likeness (QED) is 0.926. The van der Waals surface area contributed by atoms with Crippen molar-refractivity contribution in [2.24, 2.45) is 5.92 Å². The third kappa shape index (κ3) is 3.70. The van der Waals surface area contributed by atoms with Gasteiger partial charge in [0.05, 0.1) is 0 Å². The van der Waals surface area contributed by atoms with E-state index in [1.54, 1.807) is 0 Å². The molecule has 120 valence electrons. The van der Waals surface area contributed by atoms with Gasteiger partial charge in [0.1, 0.15) is 0 Å². The molecule has 3 heteroatoms. The Kier molecular flexibility index (Phi) is 4.82. The molecule has 1 aromatic carbocycles. The zero-order valence-corrected chi connectivity index (χ0v) is 13.9. The Hall–Kier alpha value is -1.35. The largest absolute Gasteiger partial charge is 0.353 e. The van der Waals surface area contributed by atoms with Crippen molar-refractivity contribution in [3.63, 3.8) is 0 Å². The first-order valence-corrected chi connectivity index (χ1v) is 8.70. The van der Waals surface area contributed by atoms with Crippen LogP contribution in [0.3, 0.4) is 0 Å². The van der Waals surface area contributed by atoms with Gasteiger partial charge in [-0.25, -0.2) is 0 Å². The molecule has 2 fully saturated rings. The molecule has 1 heterocycles. The normalized spacial score (nSPS) is 20.6. The van der Waals surface area contributed by atoms with E-state index in [0.29, 0.717) is 17.9 Å². The number of amides is 1. The van der Waals surface area contributed by atoms with Crippen LogP contribution in [0.2, 0.25) is 0 Å². The number of hydrogen-bond acceptors (Lipinski definition) is 2. The highest BCUT2D eigenvalue weighted by molar-refractivity contribution is 5.79. The number of carbonyl (C=O) groups excluding carboxylic acids is 1. The Morgan fingerprint density at radius 1 is 1.18 bits per heavy atom. The summed E-state index contributed by atoms with van der Waals surface area (Å²) in [5.74, 6) is 0.618. The SMILES string of the molecule is Cc1ccc(C)c(CN2CCC(NC(=O)C3CCC3)CC2)c1. The van der Waals surface area contributed by atoms with Gasteiger partial charge in [-0.3, -0.25) is 9.69 Å². The van der Waals surface area contributed by atoms with E-state index in [4.69, 9.17) is 0 Å². The molecule has 0 bridgehead atoms. The fourth-order valence-corrected chi connectivity index (χ4v) is 3.44. The molecule has 1 saturated heterocycles. The van der Waals surface area contributed by atoms with E-state index in [9.17, 15) is 4.79 Å². The lowest BCUT2D eigenvalue weighted by Crippen LogP contribution is -2.47. The molecule has 1 aliphatic heterocycles. The van der Waals surface area contributed by atoms with Crippen molar-refractivity contribution in [2.45, 2.75) is 58.5 Å². The highest BCUT2D eigenvalue weighted by atomic mass is 16.2. The zero-order valence-electron chi connectivity index (χ0n) is 13.9. The van der Waals surface area contributed by atoms with E-state index >= 15 is 0 Å². The molecule has 1 amide bonds. The molecule has 1 N–H and O–H groups in total. The number of likely N-dealkylation sites (tertiary alicyclic amines) is 1. The average molecular weight is 300 g/mol. The van der Waals surface area contributed by atoms with Crippen molar-refractivity contribution in [1.82, 2.24) is 10.2 Å². The second-order valence-electron chi connectivity index (χ2n) is 7.12. The highest BCUT2D eigenvalue weighted by Crippen LogP contribution is 2.27. The minimum absolute atomic E-state index is 0.305. The van der Waals surface area contributed by atoms with Gasteiger partial charge in [-0.1, -0.05) is 30.2 Å². The number of aryl methyl sites for hydroxylation is 2. The van der Waals surface area contributed by atoms with Crippen LogP contribution in [0.4, 0.5) is 0 Å². The van der Waals surface area contributed by atoms with Crippen LogP contribution in [-0.2, 0) is 11.3 Å². The van der Waals surface area contributed by atoms with Crippen LogP contribution >= 0.6 is 0 Å². The minimum Gasteiger partial charge on any atom is -0.353 e. The summed E-state index contributed by atoms with van der Waals surface area (Å²) in [5, 5.41) is 3.26. The molecule has 3 nitrogen and oxygen atoms in total. The Balaban J connectivity index is 1.47. The summed E-state index contributed by atoms with van der Waals surface area (Å²) in [6.07, 6.45) is 5.59. The summed E-state index contributed by atoms with van der Waals surface area (Å²) in [7, 11) is 0. The first kappa shape index (κ1) is 15.5. The molecule has 1 aliphatic carbocycles. The Labute approximate surface area is 134 Å². The van der Waals surface area contributed by atoms with Crippen LogP contribution < -0.4 is 5.32 Å². The number of piperidine rings is 1. The third-order valence-corrected chi connectivity index (χ3v) is 5.31. The van der Waals surface area contributed by atoms with Crippen molar-refractivity contribution in [3.8, 4) is 0 Å². The molecular formula is C19H28N2O. The summed E-state index contributed by atoms with van der Waals surface area (Å²) in [6.45, 7) is 7.56. The third-order valence-electron chi connectivity index (χ3n) is 5.31. The van der Waals surface area contributed by atoms with E-state index in [0.717, 1.165) is 45.3 Å². The number of nitrogens with one attached hydrogen (secondary N) is 1. The molecule has 1 saturated carbocycles. The van der Waals surface area contributed by atoms with Gasteiger partial charge >= 0.3 is 0 Å². The van der Waals surface area contributed by atoms with Gasteiger partial charge in [0.2, 0.25) is 5.91 Å². The maximum Gasteiger partial charge on any atom is 0.223 e. The summed E-state index contributed by atoms with van der Waals surface area (Å²) >= 11 is 0. The van der Waals surface area contributed by atoms with Crippen LogP contribution in [0.15, 0.2) is 18.2 Å². The molecule has 0 aromatic heterocycles. The first-order chi connectivity index (χ1) is 10.6. The summed E-state index contributed by atoms with van der Waals surface area (Å²) in [6, 6.07) is 7.10. The van der Waals surface area contributed by atoms with E-state index < -0.39 is 0 Å². The van der Waals surface area contributed by atoms with Crippen LogP contribution in [0.25, 0.3) is 0 Å². The van der Waals surface area contributed by atoms with Crippen molar-refractivity contribution in [2.75, 3.05) is 13.1 Å². The average Bonchev–Trinajstić information content (AvgIpc) is 2.43. The monoisotopic (exact) mass is 300 g/mol. The van der Waals surface area contributed by atoms with Crippen molar-refractivity contribution < 1.29 is 4.79 Å². The molecule has 1 aromatic rings. The fraction of sp³-hybridized carbons (Fsp3) is 0.632. The van der Waals surface area contributed by atoms with Gasteiger partial charge in [-0.05, 0) is 50.7 Å². The molecule has 3 rings (SSSR count). The Morgan fingerprint density at radius 3 is 2.55 bits per heavy atom. The Morgan fingerprint density at radius 2 is 1.91 bits per heavy atom. The minimum atomic E-state index is 0.305. The standard InChI is InChI=1S/C19H28N2O/c1-14-6-7-15(2)17(12-14)13-21-10-8-18(9-11-21)20-19(22)16-4-3-5-16/h6-7,12,16,18H,3-5,8-11,13H2,1-2H3,(H,20,22). The summed E-state index contributed by atoms with van der Waals surface area (Å²) in [5.41, 5.74) is 4.16. The predicted octanol–water partition coefficient (Wildman–Crippen LogP) is 3.18. The maximum atomic E-state index is 12.0. The molecule has 0 unspecified atom stereocenters. The van der Waals surface area contributed by atoms with E-state index in [2.05, 4.69) is 42.3 Å². The molecule has 0 spiro atoms. The van der Waals surface area contributed by atoms with Gasteiger partial charge in [-0.15, -0.1) is 0 Å². The van der Waals surface area contributed by atoms with Gasteiger partial charge in [0.25, 0.3) is 0 Å². The maximum absolute atomic E-state index is 12.0. The number of rotatable bonds is 4. The van der Waals surface area contributed by atoms with Crippen LogP contribution in [-0.4, -0.2) is 29.9 Å². The highest BCUT2D eigenvalue weighted by Gasteiger charge is 2.28. The van der Waals surface area contributed by atoms with Crippen LogP contribution in [0.5, 0.6) is 0 Å². The van der Waals surface area contributed by atoms with Crippen LogP contribution in [0.1, 0.15) is 48.8 Å². The lowest BCUT2D eigenvalue weighted by atomic mass is 9.84. The number of nitrogens with zero attached hydrogens (tertiary/aromatic N) is 1. The zero-order chi connectivity index (χ0) is 15.5. The van der Waals surface area contributed by atoms with Crippen molar-refractivity contribution in [3.05, 3.63) is 34.9 Å². The van der Waals surface area contributed by atoms with E-state index in [1.165, 1.54) is 23.1 Å². The van der Waals surface area contributed by atoms with Gasteiger partial charge in [0, 0.05) is 31.6 Å². The first-order valence-electron chi connectivity index (χ1n) is 8.70. The number of benzene rings is 1. The second-order valence-corrected chi connectivity index (χ2v) is 7.12. The molecule has 0 radical (unpaired) electrons. The Bertz CT molecular complexity index is 528. The predicted molar refractivity (Wildman–Crippen MR) is 89.7 cm³/mol. The lowest BCUT2D eigenvalue weighted by molar-refractivity contribution is -0.128. The van der Waals surface area contributed by atoms with Gasteiger partial charge in [-0.2, -0.15) is 0 Å². The molecular weight excluding hydrogens is 272 g/mol. The van der Waals surface area contributed by atoms with Gasteiger partial charge in [0.15, 0.2) is 0 Å². The summed E-state index contributed by atoms with van der Waals surface area (Å²) < 4.78 is 0. The van der Waals surface area contributed by atoms with Gasteiger partial charge < -0.3 is 5.32 Å². The molecule has 0 atom stereocenters. The van der Waals surface area contributed by atoms with E-state index in [-0.39, 0.29) is 0 Å².